The maximum atomic E-state index is 11.1. The van der Waals surface area contributed by atoms with Crippen molar-refractivity contribution in [2.45, 2.75) is 45.4 Å². The lowest BCUT2D eigenvalue weighted by molar-refractivity contribution is -0.121. The summed E-state index contributed by atoms with van der Waals surface area (Å²) in [4.78, 5) is 11.1. The van der Waals surface area contributed by atoms with Crippen molar-refractivity contribution in [1.29, 1.82) is 0 Å². The second kappa shape index (κ2) is 10.5. The van der Waals surface area contributed by atoms with E-state index in [0.717, 1.165) is 25.9 Å². The zero-order valence-corrected chi connectivity index (χ0v) is 9.57. The van der Waals surface area contributed by atoms with Crippen molar-refractivity contribution in [2.24, 2.45) is 0 Å². The molecule has 0 aromatic rings. The van der Waals surface area contributed by atoms with Gasteiger partial charge in [-0.25, -0.2) is 0 Å². The van der Waals surface area contributed by atoms with Gasteiger partial charge in [0.2, 0.25) is 5.91 Å². The molecular formula is C11H24N2O. The van der Waals surface area contributed by atoms with Crippen LogP contribution in [0.4, 0.5) is 0 Å². The second-order valence-corrected chi connectivity index (χ2v) is 3.62. The number of nitrogens with one attached hydrogen (secondary N) is 2. The number of amides is 1. The lowest BCUT2D eigenvalue weighted by Gasteiger charge is -2.03. The summed E-state index contributed by atoms with van der Waals surface area (Å²) >= 11 is 0. The van der Waals surface area contributed by atoms with Gasteiger partial charge < -0.3 is 10.6 Å². The van der Waals surface area contributed by atoms with Crippen molar-refractivity contribution in [2.75, 3.05) is 20.1 Å². The summed E-state index contributed by atoms with van der Waals surface area (Å²) in [5.41, 5.74) is 0. The van der Waals surface area contributed by atoms with E-state index < -0.39 is 0 Å². The average molecular weight is 200 g/mol. The van der Waals surface area contributed by atoms with Crippen LogP contribution in [0.5, 0.6) is 0 Å². The molecule has 0 saturated carbocycles. The molecule has 84 valence electrons. The largest absolute Gasteiger partial charge is 0.356 e. The molecular weight excluding hydrogens is 176 g/mol. The Morgan fingerprint density at radius 3 is 2.29 bits per heavy atom. The van der Waals surface area contributed by atoms with Gasteiger partial charge in [0.05, 0.1) is 0 Å². The SMILES string of the molecule is CCCC(=O)NCCCCCCNC. The van der Waals surface area contributed by atoms with E-state index in [-0.39, 0.29) is 5.91 Å². The van der Waals surface area contributed by atoms with Crippen LogP contribution in [0, 0.1) is 0 Å². The van der Waals surface area contributed by atoms with Gasteiger partial charge in [-0.05, 0) is 32.9 Å². The highest BCUT2D eigenvalue weighted by Crippen LogP contribution is 1.97. The topological polar surface area (TPSA) is 41.1 Å². The predicted octanol–water partition coefficient (Wildman–Crippen LogP) is 1.68. The van der Waals surface area contributed by atoms with Crippen LogP contribution in [-0.4, -0.2) is 26.0 Å². The van der Waals surface area contributed by atoms with E-state index in [1.165, 1.54) is 19.3 Å². The Labute approximate surface area is 87.6 Å². The quantitative estimate of drug-likeness (QED) is 0.556. The summed E-state index contributed by atoms with van der Waals surface area (Å²) in [7, 11) is 1.98. The molecule has 2 N–H and O–H groups in total. The molecule has 1 amide bonds. The average Bonchev–Trinajstić information content (AvgIpc) is 2.17. The molecule has 0 aliphatic carbocycles. The first-order valence-corrected chi connectivity index (χ1v) is 5.72. The molecule has 0 atom stereocenters. The van der Waals surface area contributed by atoms with Gasteiger partial charge in [-0.15, -0.1) is 0 Å². The summed E-state index contributed by atoms with van der Waals surface area (Å²) in [5.74, 6) is 0.197. The monoisotopic (exact) mass is 200 g/mol. The summed E-state index contributed by atoms with van der Waals surface area (Å²) in [6.07, 6.45) is 6.42. The zero-order chi connectivity index (χ0) is 10.6. The summed E-state index contributed by atoms with van der Waals surface area (Å²) in [6.45, 7) is 3.97. The van der Waals surface area contributed by atoms with Gasteiger partial charge in [-0.3, -0.25) is 4.79 Å². The Morgan fingerprint density at radius 1 is 1.07 bits per heavy atom. The van der Waals surface area contributed by atoms with Crippen LogP contribution < -0.4 is 10.6 Å². The van der Waals surface area contributed by atoms with Crippen LogP contribution >= 0.6 is 0 Å². The highest BCUT2D eigenvalue weighted by Gasteiger charge is 1.96. The van der Waals surface area contributed by atoms with E-state index in [1.807, 2.05) is 14.0 Å². The highest BCUT2D eigenvalue weighted by atomic mass is 16.1. The minimum Gasteiger partial charge on any atom is -0.356 e. The predicted molar refractivity (Wildman–Crippen MR) is 60.3 cm³/mol. The van der Waals surface area contributed by atoms with E-state index in [2.05, 4.69) is 10.6 Å². The minimum absolute atomic E-state index is 0.197. The Kier molecular flexibility index (Phi) is 10.1. The maximum absolute atomic E-state index is 11.1. The fourth-order valence-electron chi connectivity index (χ4n) is 1.32. The third kappa shape index (κ3) is 9.52. The van der Waals surface area contributed by atoms with Gasteiger partial charge >= 0.3 is 0 Å². The van der Waals surface area contributed by atoms with Crippen LogP contribution in [0.3, 0.4) is 0 Å². The molecule has 0 rings (SSSR count). The fraction of sp³-hybridized carbons (Fsp3) is 0.909. The normalized spacial score (nSPS) is 10.1. The number of carbonyl (C=O) groups excluding carboxylic acids is 1. The first-order valence-electron chi connectivity index (χ1n) is 5.72. The van der Waals surface area contributed by atoms with Crippen molar-refractivity contribution < 1.29 is 4.79 Å². The molecule has 0 aromatic carbocycles. The van der Waals surface area contributed by atoms with Crippen LogP contribution in [0.15, 0.2) is 0 Å². The molecule has 0 radical (unpaired) electrons. The number of unbranched alkanes of at least 4 members (excludes halogenated alkanes) is 3. The van der Waals surface area contributed by atoms with Gasteiger partial charge in [-0.1, -0.05) is 19.8 Å². The van der Waals surface area contributed by atoms with E-state index in [4.69, 9.17) is 0 Å². The van der Waals surface area contributed by atoms with Gasteiger partial charge in [0.1, 0.15) is 0 Å². The molecule has 0 spiro atoms. The lowest BCUT2D eigenvalue weighted by Crippen LogP contribution is -2.23. The fourth-order valence-corrected chi connectivity index (χ4v) is 1.32. The van der Waals surface area contributed by atoms with E-state index >= 15 is 0 Å². The van der Waals surface area contributed by atoms with Crippen molar-refractivity contribution >= 4 is 5.91 Å². The number of rotatable bonds is 9. The molecule has 0 unspecified atom stereocenters. The smallest absolute Gasteiger partial charge is 0.219 e. The van der Waals surface area contributed by atoms with Gasteiger partial charge in [0, 0.05) is 13.0 Å². The second-order valence-electron chi connectivity index (χ2n) is 3.62. The third-order valence-electron chi connectivity index (χ3n) is 2.15. The summed E-state index contributed by atoms with van der Waals surface area (Å²) < 4.78 is 0. The highest BCUT2D eigenvalue weighted by molar-refractivity contribution is 5.75. The van der Waals surface area contributed by atoms with Crippen LogP contribution in [0.1, 0.15) is 45.4 Å². The third-order valence-corrected chi connectivity index (χ3v) is 2.15. The number of carbonyl (C=O) groups is 1. The van der Waals surface area contributed by atoms with E-state index in [0.29, 0.717) is 6.42 Å². The first-order chi connectivity index (χ1) is 6.81. The number of hydrogen-bond donors (Lipinski definition) is 2. The molecule has 0 aromatic heterocycles. The van der Waals surface area contributed by atoms with Crippen molar-refractivity contribution in [1.82, 2.24) is 10.6 Å². The van der Waals surface area contributed by atoms with Gasteiger partial charge in [0.15, 0.2) is 0 Å². The molecule has 0 aliphatic heterocycles. The minimum atomic E-state index is 0.197. The standard InChI is InChI=1S/C11H24N2O/c1-3-8-11(14)13-10-7-5-4-6-9-12-2/h12H,3-10H2,1-2H3,(H,13,14). The zero-order valence-electron chi connectivity index (χ0n) is 9.57. The Balaban J connectivity index is 3.01. The van der Waals surface area contributed by atoms with E-state index in [9.17, 15) is 4.79 Å². The Hall–Kier alpha value is -0.570. The van der Waals surface area contributed by atoms with Crippen molar-refractivity contribution in [3.8, 4) is 0 Å². The summed E-state index contributed by atoms with van der Waals surface area (Å²) in [5, 5.41) is 6.04. The molecule has 3 heteroatoms. The summed E-state index contributed by atoms with van der Waals surface area (Å²) in [6, 6.07) is 0. The molecule has 0 fully saturated rings. The molecule has 3 nitrogen and oxygen atoms in total. The Bertz CT molecular complexity index is 137. The first kappa shape index (κ1) is 13.4. The number of hydrogen-bond acceptors (Lipinski definition) is 2. The molecule has 0 saturated heterocycles. The lowest BCUT2D eigenvalue weighted by atomic mass is 10.2. The Morgan fingerprint density at radius 2 is 1.71 bits per heavy atom. The van der Waals surface area contributed by atoms with Gasteiger partial charge in [0.25, 0.3) is 0 Å². The van der Waals surface area contributed by atoms with E-state index in [1.54, 1.807) is 0 Å². The van der Waals surface area contributed by atoms with Crippen LogP contribution in [0.2, 0.25) is 0 Å². The molecule has 0 bridgehead atoms. The molecule has 0 heterocycles. The van der Waals surface area contributed by atoms with Crippen molar-refractivity contribution in [3.63, 3.8) is 0 Å². The molecule has 14 heavy (non-hydrogen) atoms. The van der Waals surface area contributed by atoms with Crippen molar-refractivity contribution in [3.05, 3.63) is 0 Å². The maximum Gasteiger partial charge on any atom is 0.219 e. The van der Waals surface area contributed by atoms with Crippen LogP contribution in [0.25, 0.3) is 0 Å². The van der Waals surface area contributed by atoms with Crippen LogP contribution in [-0.2, 0) is 4.79 Å². The molecule has 0 aliphatic rings. The van der Waals surface area contributed by atoms with Gasteiger partial charge in [-0.2, -0.15) is 0 Å².